The van der Waals surface area contributed by atoms with Crippen LogP contribution >= 0.6 is 0 Å². The highest BCUT2D eigenvalue weighted by Gasteiger charge is 2.35. The Hall–Kier alpha value is -3.96. The van der Waals surface area contributed by atoms with E-state index in [2.05, 4.69) is 5.10 Å². The Bertz CT molecular complexity index is 1490. The Morgan fingerprint density at radius 2 is 1.68 bits per heavy atom. The molecule has 3 aromatic rings. The van der Waals surface area contributed by atoms with Crippen molar-refractivity contribution in [2.75, 3.05) is 0 Å². The summed E-state index contributed by atoms with van der Waals surface area (Å²) in [6, 6.07) is 4.64. The summed E-state index contributed by atoms with van der Waals surface area (Å²) in [7, 11) is 0. The number of aromatic nitrogens is 4. The van der Waals surface area contributed by atoms with Crippen LogP contribution in [0.4, 0.5) is 18.9 Å². The first-order chi connectivity index (χ1) is 17.6. The molecule has 1 aromatic carbocycles. The number of hydrogen-bond donors (Lipinski definition) is 0. The van der Waals surface area contributed by atoms with E-state index in [-0.39, 0.29) is 29.9 Å². The van der Waals surface area contributed by atoms with Crippen LogP contribution < -0.4 is 11.2 Å². The van der Waals surface area contributed by atoms with Gasteiger partial charge in [0, 0.05) is 23.8 Å². The Morgan fingerprint density at radius 1 is 1.03 bits per heavy atom. The fraction of sp³-hybridized carbons (Fsp3) is 0.400. The fourth-order valence-electron chi connectivity index (χ4n) is 4.78. The minimum absolute atomic E-state index is 0.0442. The molecular weight excluding hydrogens is 491 g/mol. The number of nitrogens with zero attached hydrogens (tertiary/aromatic N) is 5. The molecule has 0 spiro atoms. The zero-order valence-electron chi connectivity index (χ0n) is 19.7. The normalized spacial score (nSPS) is 16.6. The van der Waals surface area contributed by atoms with Gasteiger partial charge < -0.3 is 0 Å². The van der Waals surface area contributed by atoms with Gasteiger partial charge in [0.25, 0.3) is 0 Å². The number of hydrogen-bond acceptors (Lipinski definition) is 5. The number of nitro groups is 1. The summed E-state index contributed by atoms with van der Waals surface area (Å²) in [6.45, 7) is -0.131. The average molecular weight is 515 g/mol. The molecule has 2 aliphatic carbocycles. The molecule has 12 heteroatoms. The van der Waals surface area contributed by atoms with E-state index < -0.39 is 33.6 Å². The highest BCUT2D eigenvalue weighted by Crippen LogP contribution is 2.35. The summed E-state index contributed by atoms with van der Waals surface area (Å²) >= 11 is 0. The van der Waals surface area contributed by atoms with Crippen molar-refractivity contribution in [1.82, 2.24) is 18.9 Å². The van der Waals surface area contributed by atoms with Crippen LogP contribution in [0.2, 0.25) is 0 Å². The van der Waals surface area contributed by atoms with Gasteiger partial charge in [0.1, 0.15) is 5.69 Å². The Balaban J connectivity index is 1.51. The van der Waals surface area contributed by atoms with E-state index in [1.807, 2.05) is 0 Å². The summed E-state index contributed by atoms with van der Waals surface area (Å²) in [5, 5.41) is 16.1. The largest absolute Gasteiger partial charge is 0.416 e. The lowest BCUT2D eigenvalue weighted by atomic mass is 9.91. The summed E-state index contributed by atoms with van der Waals surface area (Å²) < 4.78 is 43.7. The third-order valence-electron chi connectivity index (χ3n) is 7.14. The van der Waals surface area contributed by atoms with Gasteiger partial charge in [-0.05, 0) is 62.3 Å². The molecule has 9 nitrogen and oxygen atoms in total. The summed E-state index contributed by atoms with van der Waals surface area (Å²) in [4.78, 5) is 37.6. The lowest BCUT2D eigenvalue weighted by Gasteiger charge is -2.32. The van der Waals surface area contributed by atoms with Gasteiger partial charge in [-0.25, -0.2) is 4.79 Å². The van der Waals surface area contributed by atoms with Crippen LogP contribution in [0.15, 0.2) is 46.2 Å². The molecule has 2 aromatic heterocycles. The highest BCUT2D eigenvalue weighted by atomic mass is 19.4. The fourth-order valence-corrected chi connectivity index (χ4v) is 4.78. The van der Waals surface area contributed by atoms with E-state index in [0.717, 1.165) is 23.5 Å². The molecule has 5 rings (SSSR count). The molecule has 0 atom stereocenters. The molecule has 0 bridgehead atoms. The van der Waals surface area contributed by atoms with E-state index in [4.69, 9.17) is 0 Å². The van der Waals surface area contributed by atoms with E-state index in [0.29, 0.717) is 31.2 Å². The molecule has 2 saturated carbocycles. The maximum atomic E-state index is 13.3. The van der Waals surface area contributed by atoms with Gasteiger partial charge in [0.05, 0.1) is 23.2 Å². The molecular formula is C25H24F3N5O4. The first-order valence-electron chi connectivity index (χ1n) is 12.1. The maximum Gasteiger partial charge on any atom is 0.416 e. The van der Waals surface area contributed by atoms with Crippen molar-refractivity contribution >= 4 is 17.8 Å². The molecule has 0 N–H and O–H groups in total. The van der Waals surface area contributed by atoms with Crippen LogP contribution in [0.25, 0.3) is 12.2 Å². The van der Waals surface area contributed by atoms with Crippen molar-refractivity contribution in [1.29, 1.82) is 0 Å². The first kappa shape index (κ1) is 24.7. The third-order valence-corrected chi connectivity index (χ3v) is 7.14. The maximum absolute atomic E-state index is 13.3. The Morgan fingerprint density at radius 3 is 2.27 bits per heavy atom. The van der Waals surface area contributed by atoms with Crippen LogP contribution in [0.1, 0.15) is 73.0 Å². The molecule has 37 heavy (non-hydrogen) atoms. The quantitative estimate of drug-likeness (QED) is 0.332. The van der Waals surface area contributed by atoms with Crippen molar-refractivity contribution in [2.45, 2.75) is 63.3 Å². The van der Waals surface area contributed by atoms with Gasteiger partial charge in [-0.1, -0.05) is 18.2 Å². The van der Waals surface area contributed by atoms with Crippen LogP contribution in [0.5, 0.6) is 0 Å². The van der Waals surface area contributed by atoms with Gasteiger partial charge in [-0.15, -0.1) is 0 Å². The molecule has 0 saturated heterocycles. The second-order valence-corrected chi connectivity index (χ2v) is 9.45. The van der Waals surface area contributed by atoms with Crippen LogP contribution in [0, 0.1) is 10.1 Å². The Kier molecular flexibility index (Phi) is 6.34. The lowest BCUT2D eigenvalue weighted by molar-refractivity contribution is -0.387. The van der Waals surface area contributed by atoms with Crippen molar-refractivity contribution in [3.8, 4) is 0 Å². The zero-order valence-corrected chi connectivity index (χ0v) is 19.7. The van der Waals surface area contributed by atoms with Gasteiger partial charge in [0.15, 0.2) is 0 Å². The van der Waals surface area contributed by atoms with Crippen molar-refractivity contribution < 1.29 is 18.1 Å². The monoisotopic (exact) mass is 515 g/mol. The van der Waals surface area contributed by atoms with Crippen LogP contribution in [-0.4, -0.2) is 23.8 Å². The predicted molar refractivity (Wildman–Crippen MR) is 129 cm³/mol. The predicted octanol–water partition coefficient (Wildman–Crippen LogP) is 4.80. The summed E-state index contributed by atoms with van der Waals surface area (Å²) in [5.41, 5.74) is -2.43. The molecule has 0 unspecified atom stereocenters. The van der Waals surface area contributed by atoms with Gasteiger partial charge >= 0.3 is 23.1 Å². The standard InChI is InChI=1S/C25H24F3N5O4/c26-25(27,28)20-10-2-1-5-17(20)15-30-14-16(13-29-30)11-12-21-22(33(36)37)23(34)32(19-8-4-9-19)24(35)31(21)18-6-3-7-18/h1-2,5,10-14,18-19H,3-4,6-9,15H2. The Labute approximate surface area is 208 Å². The minimum Gasteiger partial charge on any atom is -0.284 e. The SMILES string of the molecule is O=c1c([N+](=O)[O-])c(C=Cc2cnn(Cc3ccccc3C(F)(F)F)c2)n(C2CCC2)c(=O)n1C1CCC1. The van der Waals surface area contributed by atoms with E-state index >= 15 is 0 Å². The first-order valence-corrected chi connectivity index (χ1v) is 12.1. The highest BCUT2D eigenvalue weighted by molar-refractivity contribution is 5.71. The van der Waals surface area contributed by atoms with E-state index in [1.54, 1.807) is 0 Å². The summed E-state index contributed by atoms with van der Waals surface area (Å²) in [6.07, 6.45) is 5.57. The summed E-state index contributed by atoms with van der Waals surface area (Å²) in [5.74, 6) is 0. The van der Waals surface area contributed by atoms with Crippen molar-refractivity contribution in [3.05, 3.63) is 90.0 Å². The minimum atomic E-state index is -4.50. The molecule has 0 amide bonds. The van der Waals surface area contributed by atoms with Gasteiger partial charge in [-0.3, -0.25) is 28.7 Å². The van der Waals surface area contributed by atoms with E-state index in [1.165, 1.54) is 52.0 Å². The average Bonchev–Trinajstić information content (AvgIpc) is 3.21. The number of alkyl halides is 3. The number of rotatable bonds is 7. The van der Waals surface area contributed by atoms with Crippen LogP contribution in [0.3, 0.4) is 0 Å². The molecule has 2 aliphatic rings. The van der Waals surface area contributed by atoms with Gasteiger partial charge in [-0.2, -0.15) is 18.3 Å². The zero-order chi connectivity index (χ0) is 26.3. The molecule has 194 valence electrons. The number of halogens is 3. The molecule has 2 heterocycles. The lowest BCUT2D eigenvalue weighted by Crippen LogP contribution is -2.47. The third kappa shape index (κ3) is 4.63. The van der Waals surface area contributed by atoms with Gasteiger partial charge in [0.2, 0.25) is 0 Å². The second-order valence-electron chi connectivity index (χ2n) is 9.45. The smallest absolute Gasteiger partial charge is 0.284 e. The van der Waals surface area contributed by atoms with Crippen LogP contribution in [-0.2, 0) is 12.7 Å². The van der Waals surface area contributed by atoms with E-state index in [9.17, 15) is 32.9 Å². The second kappa shape index (κ2) is 9.49. The molecule has 0 radical (unpaired) electrons. The van der Waals surface area contributed by atoms with Crippen molar-refractivity contribution in [2.24, 2.45) is 0 Å². The molecule has 0 aliphatic heterocycles. The number of benzene rings is 1. The van der Waals surface area contributed by atoms with Crippen molar-refractivity contribution in [3.63, 3.8) is 0 Å². The molecule has 2 fully saturated rings. The topological polar surface area (TPSA) is 105 Å².